The Bertz CT molecular complexity index is 1090. The van der Waals surface area contributed by atoms with Crippen molar-refractivity contribution in [2.45, 2.75) is 37.3 Å². The molecule has 10 nitrogen and oxygen atoms in total. The molecule has 2 aromatic rings. The average molecular weight is 495 g/mol. The lowest BCUT2D eigenvalue weighted by molar-refractivity contribution is 0.0980. The number of aromatic hydroxyl groups is 1. The highest BCUT2D eigenvalue weighted by atomic mass is 32.2. The molecule has 0 saturated heterocycles. The molecule has 4 N–H and O–H groups in total. The molecule has 2 atom stereocenters. The number of benzene rings is 2. The summed E-state index contributed by atoms with van der Waals surface area (Å²) >= 11 is 0. The molecule has 0 aromatic heterocycles. The first-order valence-corrected chi connectivity index (χ1v) is 12.4. The van der Waals surface area contributed by atoms with Gasteiger partial charge in [-0.25, -0.2) is 13.2 Å². The number of sulfonamides is 1. The molecule has 186 valence electrons. The predicted octanol–water partition coefficient (Wildman–Crippen LogP) is 2.05. The summed E-state index contributed by atoms with van der Waals surface area (Å²) in [7, 11) is -4.04. The minimum Gasteiger partial charge on any atom is -0.508 e. The number of phenolic OH excluding ortho intramolecular Hbond substituents is 1. The van der Waals surface area contributed by atoms with Gasteiger partial charge in [0.25, 0.3) is 0 Å². The maximum absolute atomic E-state index is 13.5. The fourth-order valence-corrected chi connectivity index (χ4v) is 5.31. The number of carboxylic acid groups (broad SMARTS) is 1. The molecule has 1 amide bonds. The maximum Gasteiger partial charge on any atom is 0.404 e. The standard InChI is InChI=1S/C23H30N2O8S/c1-15(2)13-25(34(30,31)18-7-8-21-22(12-18)33-10-9-32-21)14-20(27)19(24-23(28)29)11-16-3-5-17(26)6-4-16/h3-8,12,15,19-20,24,26-27H,9-11,13-14H2,1-2H3,(H,28,29)/t19-,20+/m0/s1. The molecule has 3 rings (SSSR count). The minimum absolute atomic E-state index is 0.00845. The van der Waals surface area contributed by atoms with Gasteiger partial charge in [-0.2, -0.15) is 4.31 Å². The Morgan fingerprint density at radius 1 is 1.06 bits per heavy atom. The fraction of sp³-hybridized carbons (Fsp3) is 0.435. The first-order chi connectivity index (χ1) is 16.1. The van der Waals surface area contributed by atoms with E-state index in [0.29, 0.717) is 30.3 Å². The van der Waals surface area contributed by atoms with Crippen molar-refractivity contribution in [2.24, 2.45) is 5.92 Å². The Hall–Kier alpha value is -3.02. The molecular weight excluding hydrogens is 464 g/mol. The van der Waals surface area contributed by atoms with Crippen LogP contribution < -0.4 is 14.8 Å². The number of fused-ring (bicyclic) bond motifs is 1. The van der Waals surface area contributed by atoms with E-state index in [0.717, 1.165) is 4.31 Å². The highest BCUT2D eigenvalue weighted by molar-refractivity contribution is 7.89. The van der Waals surface area contributed by atoms with Crippen molar-refractivity contribution in [3.8, 4) is 17.2 Å². The number of nitrogens with one attached hydrogen (secondary N) is 1. The van der Waals surface area contributed by atoms with Crippen LogP contribution >= 0.6 is 0 Å². The number of amides is 1. The molecule has 1 heterocycles. The Labute approximate surface area is 198 Å². The fourth-order valence-electron chi connectivity index (χ4n) is 3.67. The number of aliphatic hydroxyl groups is 1. The van der Waals surface area contributed by atoms with Gasteiger partial charge < -0.3 is 30.1 Å². The maximum atomic E-state index is 13.5. The molecule has 0 fully saturated rings. The van der Waals surface area contributed by atoms with Gasteiger partial charge in [0, 0.05) is 19.2 Å². The average Bonchev–Trinajstić information content (AvgIpc) is 2.78. The van der Waals surface area contributed by atoms with E-state index in [2.05, 4.69) is 5.32 Å². The van der Waals surface area contributed by atoms with Crippen LogP contribution in [0.3, 0.4) is 0 Å². The van der Waals surface area contributed by atoms with E-state index in [1.807, 2.05) is 13.8 Å². The monoisotopic (exact) mass is 494 g/mol. The third-order valence-electron chi connectivity index (χ3n) is 5.28. The van der Waals surface area contributed by atoms with E-state index in [4.69, 9.17) is 9.47 Å². The highest BCUT2D eigenvalue weighted by Crippen LogP contribution is 2.33. The van der Waals surface area contributed by atoms with E-state index < -0.39 is 28.3 Å². The third-order valence-corrected chi connectivity index (χ3v) is 7.10. The third kappa shape index (κ3) is 6.52. The number of rotatable bonds is 10. The van der Waals surface area contributed by atoms with Gasteiger partial charge in [-0.1, -0.05) is 26.0 Å². The lowest BCUT2D eigenvalue weighted by atomic mass is 10.0. The summed E-state index contributed by atoms with van der Waals surface area (Å²) in [6.45, 7) is 4.18. The number of hydrogen-bond donors (Lipinski definition) is 4. The van der Waals surface area contributed by atoms with Gasteiger partial charge in [0.2, 0.25) is 10.0 Å². The van der Waals surface area contributed by atoms with Crippen LogP contribution in [0.1, 0.15) is 19.4 Å². The van der Waals surface area contributed by atoms with Crippen molar-refractivity contribution in [2.75, 3.05) is 26.3 Å². The van der Waals surface area contributed by atoms with Crippen molar-refractivity contribution in [1.29, 1.82) is 0 Å². The summed E-state index contributed by atoms with van der Waals surface area (Å²) in [6.07, 6.45) is -2.57. The van der Waals surface area contributed by atoms with E-state index in [1.54, 1.807) is 12.1 Å². The number of ether oxygens (including phenoxy) is 2. The molecule has 34 heavy (non-hydrogen) atoms. The van der Waals surface area contributed by atoms with Gasteiger partial charge in [0.05, 0.1) is 17.0 Å². The Morgan fingerprint density at radius 3 is 2.32 bits per heavy atom. The lowest BCUT2D eigenvalue weighted by Crippen LogP contribution is -2.50. The summed E-state index contributed by atoms with van der Waals surface area (Å²) in [5.41, 5.74) is 0.667. The molecular formula is C23H30N2O8S. The number of nitrogens with zero attached hydrogens (tertiary/aromatic N) is 1. The largest absolute Gasteiger partial charge is 0.508 e. The highest BCUT2D eigenvalue weighted by Gasteiger charge is 2.32. The summed E-state index contributed by atoms with van der Waals surface area (Å²) < 4.78 is 39.1. The van der Waals surface area contributed by atoms with Crippen LogP contribution in [-0.4, -0.2) is 72.6 Å². The molecule has 0 unspecified atom stereocenters. The van der Waals surface area contributed by atoms with Gasteiger partial charge in [0.15, 0.2) is 11.5 Å². The molecule has 1 aliphatic rings. The van der Waals surface area contributed by atoms with E-state index >= 15 is 0 Å². The normalized spacial score (nSPS) is 15.2. The van der Waals surface area contributed by atoms with E-state index in [-0.39, 0.29) is 36.1 Å². The van der Waals surface area contributed by atoms with Gasteiger partial charge in [-0.15, -0.1) is 0 Å². The molecule has 11 heteroatoms. The molecule has 0 radical (unpaired) electrons. The smallest absolute Gasteiger partial charge is 0.404 e. The van der Waals surface area contributed by atoms with E-state index in [1.165, 1.54) is 30.3 Å². The zero-order valence-corrected chi connectivity index (χ0v) is 19.9. The summed E-state index contributed by atoms with van der Waals surface area (Å²) in [4.78, 5) is 11.3. The molecule has 0 bridgehead atoms. The van der Waals surface area contributed by atoms with Crippen molar-refractivity contribution < 1.29 is 38.0 Å². The SMILES string of the molecule is CC(C)CN(C[C@@H](O)[C@H](Cc1ccc(O)cc1)NC(=O)O)S(=O)(=O)c1ccc2c(c1)OCCO2. The van der Waals surface area contributed by atoms with Crippen molar-refractivity contribution in [1.82, 2.24) is 9.62 Å². The number of phenols is 1. The summed E-state index contributed by atoms with van der Waals surface area (Å²) in [5.74, 6) is 0.790. The second-order valence-electron chi connectivity index (χ2n) is 8.52. The zero-order valence-electron chi connectivity index (χ0n) is 19.0. The molecule has 0 saturated carbocycles. The number of aliphatic hydroxyl groups excluding tert-OH is 1. The van der Waals surface area contributed by atoms with Gasteiger partial charge in [-0.3, -0.25) is 0 Å². The molecule has 0 spiro atoms. The number of hydrogen-bond acceptors (Lipinski definition) is 7. The van der Waals surface area contributed by atoms with Crippen molar-refractivity contribution in [3.63, 3.8) is 0 Å². The van der Waals surface area contributed by atoms with Crippen molar-refractivity contribution in [3.05, 3.63) is 48.0 Å². The number of carbonyl (C=O) groups is 1. The minimum atomic E-state index is -4.04. The zero-order chi connectivity index (χ0) is 24.9. The van der Waals surface area contributed by atoms with Gasteiger partial charge in [0.1, 0.15) is 19.0 Å². The molecule has 1 aliphatic heterocycles. The quantitative estimate of drug-likeness (QED) is 0.393. The van der Waals surface area contributed by atoms with Crippen LogP contribution in [-0.2, 0) is 16.4 Å². The topological polar surface area (TPSA) is 146 Å². The second-order valence-corrected chi connectivity index (χ2v) is 10.5. The van der Waals surface area contributed by atoms with Crippen molar-refractivity contribution >= 4 is 16.1 Å². The summed E-state index contributed by atoms with van der Waals surface area (Å²) in [6, 6.07) is 9.50. The summed E-state index contributed by atoms with van der Waals surface area (Å²) in [5, 5.41) is 31.9. The van der Waals surface area contributed by atoms with Crippen LogP contribution in [0.5, 0.6) is 17.2 Å². The first kappa shape index (κ1) is 25.6. The lowest BCUT2D eigenvalue weighted by Gasteiger charge is -2.30. The second kappa shape index (κ2) is 10.9. The van der Waals surface area contributed by atoms with Gasteiger partial charge in [-0.05, 0) is 42.2 Å². The van der Waals surface area contributed by atoms with Gasteiger partial charge >= 0.3 is 6.09 Å². The Morgan fingerprint density at radius 2 is 1.71 bits per heavy atom. The molecule has 0 aliphatic carbocycles. The van der Waals surface area contributed by atoms with Crippen LogP contribution in [0.15, 0.2) is 47.4 Å². The van der Waals surface area contributed by atoms with Crippen LogP contribution in [0, 0.1) is 5.92 Å². The van der Waals surface area contributed by atoms with Crippen LogP contribution in [0.25, 0.3) is 0 Å². The predicted molar refractivity (Wildman–Crippen MR) is 124 cm³/mol. The van der Waals surface area contributed by atoms with Crippen LogP contribution in [0.4, 0.5) is 4.79 Å². The first-order valence-electron chi connectivity index (χ1n) is 10.9. The Balaban J connectivity index is 1.85. The Kier molecular flexibility index (Phi) is 8.24. The van der Waals surface area contributed by atoms with E-state index in [9.17, 15) is 28.5 Å². The van der Waals surface area contributed by atoms with Crippen LogP contribution in [0.2, 0.25) is 0 Å². The molecule has 2 aromatic carbocycles.